The van der Waals surface area contributed by atoms with Gasteiger partial charge in [-0.3, -0.25) is 0 Å². The topological polar surface area (TPSA) is 41.5 Å². The van der Waals surface area contributed by atoms with E-state index < -0.39 is 0 Å². The van der Waals surface area contributed by atoms with Crippen LogP contribution >= 0.6 is 0 Å². The first-order valence-corrected chi connectivity index (χ1v) is 3.73. The summed E-state index contributed by atoms with van der Waals surface area (Å²) in [4.78, 5) is 0. The van der Waals surface area contributed by atoms with Crippen molar-refractivity contribution in [2.45, 2.75) is 25.0 Å². The SMILES string of the molecule is COC[C@H]1C[C@H](O)CCN1. The monoisotopic (exact) mass is 145 g/mol. The van der Waals surface area contributed by atoms with Crippen molar-refractivity contribution in [3.05, 3.63) is 0 Å². The summed E-state index contributed by atoms with van der Waals surface area (Å²) in [5.41, 5.74) is 0. The second-order valence-corrected chi connectivity index (χ2v) is 2.78. The van der Waals surface area contributed by atoms with E-state index in [4.69, 9.17) is 4.74 Å². The van der Waals surface area contributed by atoms with Crippen molar-refractivity contribution >= 4 is 0 Å². The maximum Gasteiger partial charge on any atom is 0.0616 e. The molecule has 3 heteroatoms. The van der Waals surface area contributed by atoms with E-state index in [9.17, 15) is 5.11 Å². The van der Waals surface area contributed by atoms with E-state index in [0.717, 1.165) is 19.4 Å². The Labute approximate surface area is 61.4 Å². The number of ether oxygens (including phenoxy) is 1. The smallest absolute Gasteiger partial charge is 0.0616 e. The normalized spacial score (nSPS) is 34.2. The van der Waals surface area contributed by atoms with Crippen molar-refractivity contribution in [3.63, 3.8) is 0 Å². The van der Waals surface area contributed by atoms with Crippen molar-refractivity contribution < 1.29 is 9.84 Å². The molecule has 0 aromatic carbocycles. The van der Waals surface area contributed by atoms with Gasteiger partial charge in [0.1, 0.15) is 0 Å². The Hall–Kier alpha value is -0.120. The van der Waals surface area contributed by atoms with Gasteiger partial charge in [-0.15, -0.1) is 0 Å². The molecule has 1 aliphatic rings. The lowest BCUT2D eigenvalue weighted by atomic mass is 10.0. The highest BCUT2D eigenvalue weighted by Gasteiger charge is 2.18. The molecule has 3 nitrogen and oxygen atoms in total. The first kappa shape index (κ1) is 7.98. The van der Waals surface area contributed by atoms with Crippen LogP contribution < -0.4 is 5.32 Å². The maximum absolute atomic E-state index is 9.21. The quantitative estimate of drug-likeness (QED) is 0.563. The van der Waals surface area contributed by atoms with E-state index >= 15 is 0 Å². The van der Waals surface area contributed by atoms with Crippen molar-refractivity contribution in [1.29, 1.82) is 0 Å². The first-order valence-electron chi connectivity index (χ1n) is 3.73. The third-order valence-electron chi connectivity index (χ3n) is 1.84. The van der Waals surface area contributed by atoms with Gasteiger partial charge < -0.3 is 15.2 Å². The predicted molar refractivity (Wildman–Crippen MR) is 38.9 cm³/mol. The average Bonchev–Trinajstić information content (AvgIpc) is 1.88. The molecule has 1 aliphatic heterocycles. The van der Waals surface area contributed by atoms with E-state index in [1.165, 1.54) is 0 Å². The number of rotatable bonds is 2. The molecule has 0 saturated carbocycles. The fourth-order valence-electron chi connectivity index (χ4n) is 1.31. The lowest BCUT2D eigenvalue weighted by molar-refractivity contribution is 0.0812. The molecule has 1 fully saturated rings. The van der Waals surface area contributed by atoms with Crippen LogP contribution in [0.15, 0.2) is 0 Å². The molecule has 2 atom stereocenters. The highest BCUT2D eigenvalue weighted by molar-refractivity contribution is 4.76. The minimum Gasteiger partial charge on any atom is -0.393 e. The predicted octanol–water partition coefficient (Wildman–Crippen LogP) is -0.254. The third kappa shape index (κ3) is 2.25. The van der Waals surface area contributed by atoms with Crippen LogP contribution in [0.1, 0.15) is 12.8 Å². The van der Waals surface area contributed by atoms with Crippen LogP contribution in [-0.4, -0.2) is 37.5 Å². The van der Waals surface area contributed by atoms with E-state index in [1.54, 1.807) is 7.11 Å². The number of hydrogen-bond acceptors (Lipinski definition) is 3. The molecule has 0 aromatic rings. The Bertz CT molecular complexity index is 95.6. The number of hydrogen-bond donors (Lipinski definition) is 2. The van der Waals surface area contributed by atoms with Crippen LogP contribution in [0.4, 0.5) is 0 Å². The van der Waals surface area contributed by atoms with Gasteiger partial charge in [0.15, 0.2) is 0 Å². The number of aliphatic hydroxyl groups is 1. The lowest BCUT2D eigenvalue weighted by Crippen LogP contribution is -2.42. The van der Waals surface area contributed by atoms with E-state index in [2.05, 4.69) is 5.32 Å². The Balaban J connectivity index is 2.18. The van der Waals surface area contributed by atoms with Crippen LogP contribution in [0.5, 0.6) is 0 Å². The molecule has 0 spiro atoms. The van der Waals surface area contributed by atoms with E-state index in [-0.39, 0.29) is 6.10 Å². The molecular weight excluding hydrogens is 130 g/mol. The average molecular weight is 145 g/mol. The Morgan fingerprint density at radius 2 is 2.50 bits per heavy atom. The second-order valence-electron chi connectivity index (χ2n) is 2.78. The number of aliphatic hydroxyl groups excluding tert-OH is 1. The third-order valence-corrected chi connectivity index (χ3v) is 1.84. The van der Waals surface area contributed by atoms with Gasteiger partial charge >= 0.3 is 0 Å². The van der Waals surface area contributed by atoms with Crippen LogP contribution in [0.2, 0.25) is 0 Å². The van der Waals surface area contributed by atoms with Gasteiger partial charge in [0.2, 0.25) is 0 Å². The fourth-order valence-corrected chi connectivity index (χ4v) is 1.31. The molecular formula is C7H15NO2. The summed E-state index contributed by atoms with van der Waals surface area (Å²) in [5, 5.41) is 12.5. The second kappa shape index (κ2) is 3.91. The summed E-state index contributed by atoms with van der Waals surface area (Å²) in [7, 11) is 1.68. The molecule has 1 rings (SSSR count). The van der Waals surface area contributed by atoms with Gasteiger partial charge in [-0.1, -0.05) is 0 Å². The maximum atomic E-state index is 9.21. The molecule has 0 unspecified atom stereocenters. The standard InChI is InChI=1S/C7H15NO2/c1-10-5-6-4-7(9)2-3-8-6/h6-9H,2-5H2,1H3/t6-,7-/m1/s1. The zero-order valence-corrected chi connectivity index (χ0v) is 6.34. The molecule has 2 N–H and O–H groups in total. The van der Waals surface area contributed by atoms with E-state index in [0.29, 0.717) is 12.6 Å². The fraction of sp³-hybridized carbons (Fsp3) is 1.00. The molecule has 0 amide bonds. The lowest BCUT2D eigenvalue weighted by Gasteiger charge is -2.26. The largest absolute Gasteiger partial charge is 0.393 e. The summed E-state index contributed by atoms with van der Waals surface area (Å²) in [5.74, 6) is 0. The molecule has 0 aliphatic carbocycles. The molecule has 10 heavy (non-hydrogen) atoms. The highest BCUT2D eigenvalue weighted by Crippen LogP contribution is 2.07. The van der Waals surface area contributed by atoms with E-state index in [1.807, 2.05) is 0 Å². The number of piperidine rings is 1. The summed E-state index contributed by atoms with van der Waals surface area (Å²) in [6, 6.07) is 0.355. The van der Waals surface area contributed by atoms with Crippen LogP contribution in [0.3, 0.4) is 0 Å². The summed E-state index contributed by atoms with van der Waals surface area (Å²) >= 11 is 0. The molecule has 0 bridgehead atoms. The zero-order valence-electron chi connectivity index (χ0n) is 6.34. The highest BCUT2D eigenvalue weighted by atomic mass is 16.5. The summed E-state index contributed by atoms with van der Waals surface area (Å²) in [6.07, 6.45) is 1.58. The molecule has 1 saturated heterocycles. The van der Waals surface area contributed by atoms with Crippen molar-refractivity contribution in [2.75, 3.05) is 20.3 Å². The molecule has 1 heterocycles. The van der Waals surface area contributed by atoms with Crippen molar-refractivity contribution in [2.24, 2.45) is 0 Å². The van der Waals surface area contributed by atoms with Crippen LogP contribution in [0.25, 0.3) is 0 Å². The van der Waals surface area contributed by atoms with Crippen LogP contribution in [0, 0.1) is 0 Å². The molecule has 60 valence electrons. The van der Waals surface area contributed by atoms with Crippen molar-refractivity contribution in [3.8, 4) is 0 Å². The Morgan fingerprint density at radius 1 is 1.70 bits per heavy atom. The zero-order chi connectivity index (χ0) is 7.40. The minimum atomic E-state index is -0.124. The minimum absolute atomic E-state index is 0.124. The Morgan fingerprint density at radius 3 is 3.10 bits per heavy atom. The molecule has 0 aromatic heterocycles. The van der Waals surface area contributed by atoms with Gasteiger partial charge in [-0.2, -0.15) is 0 Å². The number of nitrogens with one attached hydrogen (secondary N) is 1. The van der Waals surface area contributed by atoms with Gasteiger partial charge in [0, 0.05) is 13.2 Å². The summed E-state index contributed by atoms with van der Waals surface area (Å²) < 4.78 is 4.96. The van der Waals surface area contributed by atoms with Gasteiger partial charge in [-0.25, -0.2) is 0 Å². The van der Waals surface area contributed by atoms with Gasteiger partial charge in [0.25, 0.3) is 0 Å². The molecule has 0 radical (unpaired) electrons. The van der Waals surface area contributed by atoms with Gasteiger partial charge in [-0.05, 0) is 19.4 Å². The van der Waals surface area contributed by atoms with Crippen LogP contribution in [-0.2, 0) is 4.74 Å². The first-order chi connectivity index (χ1) is 4.83. The summed E-state index contributed by atoms with van der Waals surface area (Å²) in [6.45, 7) is 1.62. The van der Waals surface area contributed by atoms with Gasteiger partial charge in [0.05, 0.1) is 12.7 Å². The Kier molecular flexibility index (Phi) is 3.12. The number of methoxy groups -OCH3 is 1. The van der Waals surface area contributed by atoms with Crippen molar-refractivity contribution in [1.82, 2.24) is 5.32 Å².